The molecule has 1 unspecified atom stereocenters. The van der Waals surface area contributed by atoms with Crippen LogP contribution in [0.5, 0.6) is 17.2 Å². The SMILES string of the molecule is COc1ccccc1C1C(=C([O-])c2ccc3c(c2)OCCO3)C(=O)C(=O)N1CCC[NH+](C)C. The van der Waals surface area contributed by atoms with Crippen LogP contribution in [0.1, 0.15) is 23.6 Å². The standard InChI is InChI=1S/C25H28N2O6/c1-26(2)11-6-12-27-22(17-7-4-5-8-18(17)31-3)21(24(29)25(27)30)23(28)16-9-10-19-20(15-16)33-14-13-32-19/h4-5,7-10,15,22,28H,6,11-14H2,1-3H3. The molecular formula is C25H28N2O6. The van der Waals surface area contributed by atoms with Crippen molar-refractivity contribution in [2.45, 2.75) is 12.5 Å². The van der Waals surface area contributed by atoms with E-state index in [-0.39, 0.29) is 11.1 Å². The number of carbonyl (C=O) groups is 2. The molecule has 8 nitrogen and oxygen atoms in total. The van der Waals surface area contributed by atoms with Gasteiger partial charge in [0.15, 0.2) is 11.5 Å². The molecule has 8 heteroatoms. The van der Waals surface area contributed by atoms with Crippen LogP contribution < -0.4 is 24.2 Å². The van der Waals surface area contributed by atoms with Crippen LogP contribution in [-0.4, -0.2) is 64.1 Å². The number of nitrogens with zero attached hydrogens (tertiary/aromatic N) is 1. The van der Waals surface area contributed by atoms with Crippen LogP contribution in [0.15, 0.2) is 48.0 Å². The summed E-state index contributed by atoms with van der Waals surface area (Å²) in [4.78, 5) is 28.9. The van der Waals surface area contributed by atoms with Gasteiger partial charge in [0.05, 0.1) is 33.8 Å². The number of hydrogen-bond acceptors (Lipinski definition) is 6. The van der Waals surface area contributed by atoms with Crippen molar-refractivity contribution in [3.05, 3.63) is 59.2 Å². The van der Waals surface area contributed by atoms with E-state index in [9.17, 15) is 14.7 Å². The molecule has 1 N–H and O–H groups in total. The highest BCUT2D eigenvalue weighted by Gasteiger charge is 2.45. The van der Waals surface area contributed by atoms with Gasteiger partial charge in [0.25, 0.3) is 5.91 Å². The minimum absolute atomic E-state index is 0.0709. The highest BCUT2D eigenvalue weighted by Crippen LogP contribution is 2.43. The zero-order chi connectivity index (χ0) is 23.5. The molecule has 1 fully saturated rings. The maximum Gasteiger partial charge on any atom is 0.295 e. The molecule has 33 heavy (non-hydrogen) atoms. The van der Waals surface area contributed by atoms with Crippen molar-refractivity contribution in [2.75, 3.05) is 47.5 Å². The van der Waals surface area contributed by atoms with E-state index in [1.54, 1.807) is 36.4 Å². The number of amides is 1. The summed E-state index contributed by atoms with van der Waals surface area (Å²) >= 11 is 0. The Hall–Kier alpha value is -3.52. The van der Waals surface area contributed by atoms with Gasteiger partial charge in [0.2, 0.25) is 5.78 Å². The van der Waals surface area contributed by atoms with Gasteiger partial charge in [-0.1, -0.05) is 30.0 Å². The number of methoxy groups -OCH3 is 1. The van der Waals surface area contributed by atoms with Crippen LogP contribution in [0.2, 0.25) is 0 Å². The number of quaternary nitrogens is 1. The number of hydrogen-bond donors (Lipinski definition) is 1. The molecule has 2 heterocycles. The Morgan fingerprint density at radius 2 is 1.85 bits per heavy atom. The Labute approximate surface area is 193 Å². The molecule has 2 aromatic carbocycles. The summed E-state index contributed by atoms with van der Waals surface area (Å²) in [5, 5.41) is 13.6. The maximum absolute atomic E-state index is 13.6. The lowest BCUT2D eigenvalue weighted by molar-refractivity contribution is -0.858. The van der Waals surface area contributed by atoms with E-state index in [0.717, 1.165) is 6.54 Å². The summed E-state index contributed by atoms with van der Waals surface area (Å²) in [5.74, 6) is -0.430. The summed E-state index contributed by atoms with van der Waals surface area (Å²) in [6, 6.07) is 11.2. The first-order valence-electron chi connectivity index (χ1n) is 11.0. The normalized spacial score (nSPS) is 19.3. The predicted octanol–water partition coefficient (Wildman–Crippen LogP) is 0.225. The van der Waals surface area contributed by atoms with E-state index in [0.29, 0.717) is 49.0 Å². The molecular weight excluding hydrogens is 424 g/mol. The largest absolute Gasteiger partial charge is 0.872 e. The first kappa shape index (κ1) is 22.7. The minimum Gasteiger partial charge on any atom is -0.872 e. The number of para-hydroxylation sites is 1. The molecule has 4 rings (SSSR count). The third kappa shape index (κ3) is 4.39. The lowest BCUT2D eigenvalue weighted by atomic mass is 9.94. The van der Waals surface area contributed by atoms with E-state index in [1.165, 1.54) is 16.9 Å². The molecule has 0 aliphatic carbocycles. The van der Waals surface area contributed by atoms with Crippen molar-refractivity contribution in [1.29, 1.82) is 0 Å². The highest BCUT2D eigenvalue weighted by molar-refractivity contribution is 6.46. The third-order valence-corrected chi connectivity index (χ3v) is 5.84. The van der Waals surface area contributed by atoms with Crippen LogP contribution in [0, 0.1) is 0 Å². The lowest BCUT2D eigenvalue weighted by Gasteiger charge is -2.29. The fourth-order valence-electron chi connectivity index (χ4n) is 4.26. The minimum atomic E-state index is -0.820. The zero-order valence-corrected chi connectivity index (χ0v) is 19.1. The topological polar surface area (TPSA) is 92.6 Å². The molecule has 0 spiro atoms. The Kier molecular flexibility index (Phi) is 6.55. The van der Waals surface area contributed by atoms with Crippen LogP contribution >= 0.6 is 0 Å². The Bertz CT molecular complexity index is 1090. The van der Waals surface area contributed by atoms with Gasteiger partial charge in [0.1, 0.15) is 19.0 Å². The number of Topliss-reactive ketones (excluding diaryl/α,β-unsaturated/α-hetero) is 1. The molecule has 2 aromatic rings. The van der Waals surface area contributed by atoms with E-state index in [2.05, 4.69) is 0 Å². The Morgan fingerprint density at radius 3 is 2.58 bits per heavy atom. The lowest BCUT2D eigenvalue weighted by Crippen LogP contribution is -3.05. The smallest absolute Gasteiger partial charge is 0.295 e. The molecule has 2 aliphatic heterocycles. The van der Waals surface area contributed by atoms with Crippen molar-refractivity contribution < 1.29 is 33.8 Å². The summed E-state index contributed by atoms with van der Waals surface area (Å²) in [6.07, 6.45) is 0.693. The van der Waals surface area contributed by atoms with Crippen molar-refractivity contribution in [2.24, 2.45) is 0 Å². The molecule has 0 bridgehead atoms. The van der Waals surface area contributed by atoms with Crippen molar-refractivity contribution in [3.8, 4) is 17.2 Å². The van der Waals surface area contributed by atoms with Crippen molar-refractivity contribution in [1.82, 2.24) is 4.90 Å². The Morgan fingerprint density at radius 1 is 1.12 bits per heavy atom. The number of likely N-dealkylation sites (tertiary alicyclic amines) is 1. The molecule has 2 aliphatic rings. The van der Waals surface area contributed by atoms with Gasteiger partial charge in [-0.2, -0.15) is 0 Å². The number of carbonyl (C=O) groups excluding carboxylic acids is 2. The zero-order valence-electron chi connectivity index (χ0n) is 19.1. The first-order valence-corrected chi connectivity index (χ1v) is 11.0. The van der Waals surface area contributed by atoms with Gasteiger partial charge in [-0.25, -0.2) is 0 Å². The molecule has 174 valence electrons. The van der Waals surface area contributed by atoms with Gasteiger partial charge in [0, 0.05) is 24.1 Å². The summed E-state index contributed by atoms with van der Waals surface area (Å²) in [6.45, 7) is 1.99. The van der Waals surface area contributed by atoms with Crippen LogP contribution in [-0.2, 0) is 9.59 Å². The van der Waals surface area contributed by atoms with E-state index >= 15 is 0 Å². The van der Waals surface area contributed by atoms with Gasteiger partial charge >= 0.3 is 0 Å². The molecule has 0 radical (unpaired) electrons. The number of rotatable bonds is 7. The highest BCUT2D eigenvalue weighted by atomic mass is 16.6. The second kappa shape index (κ2) is 9.54. The molecule has 1 atom stereocenters. The molecule has 1 saturated heterocycles. The number of fused-ring (bicyclic) bond motifs is 1. The van der Waals surface area contributed by atoms with Gasteiger partial charge < -0.3 is 29.1 Å². The van der Waals surface area contributed by atoms with Crippen LogP contribution in [0.3, 0.4) is 0 Å². The van der Waals surface area contributed by atoms with Crippen LogP contribution in [0.25, 0.3) is 5.76 Å². The second-order valence-corrected chi connectivity index (χ2v) is 8.38. The second-order valence-electron chi connectivity index (χ2n) is 8.38. The van der Waals surface area contributed by atoms with Gasteiger partial charge in [-0.15, -0.1) is 0 Å². The fraction of sp³-hybridized carbons (Fsp3) is 0.360. The number of ether oxygens (including phenoxy) is 3. The Balaban J connectivity index is 1.82. The van der Waals surface area contributed by atoms with Crippen molar-refractivity contribution >= 4 is 17.4 Å². The molecule has 1 amide bonds. The summed E-state index contributed by atoms with van der Waals surface area (Å²) < 4.78 is 16.6. The summed E-state index contributed by atoms with van der Waals surface area (Å²) in [5.41, 5.74) is 0.811. The van der Waals surface area contributed by atoms with E-state index in [1.807, 2.05) is 20.2 Å². The first-order chi connectivity index (χ1) is 15.9. The third-order valence-electron chi connectivity index (χ3n) is 5.84. The average molecular weight is 453 g/mol. The van der Waals surface area contributed by atoms with E-state index in [4.69, 9.17) is 14.2 Å². The van der Waals surface area contributed by atoms with Crippen LogP contribution in [0.4, 0.5) is 0 Å². The monoisotopic (exact) mass is 452 g/mol. The predicted molar refractivity (Wildman–Crippen MR) is 119 cm³/mol. The number of nitrogens with one attached hydrogen (secondary N) is 1. The van der Waals surface area contributed by atoms with Gasteiger partial charge in [-0.3, -0.25) is 9.59 Å². The fourth-order valence-corrected chi connectivity index (χ4v) is 4.26. The summed E-state index contributed by atoms with van der Waals surface area (Å²) in [7, 11) is 5.58. The average Bonchev–Trinajstić information content (AvgIpc) is 3.08. The molecule has 0 aromatic heterocycles. The van der Waals surface area contributed by atoms with E-state index < -0.39 is 23.5 Å². The van der Waals surface area contributed by atoms with Gasteiger partial charge in [-0.05, 0) is 23.8 Å². The number of ketones is 1. The molecule has 0 saturated carbocycles. The maximum atomic E-state index is 13.6. The van der Waals surface area contributed by atoms with Crippen molar-refractivity contribution in [3.63, 3.8) is 0 Å². The number of benzene rings is 2. The quantitative estimate of drug-likeness (QED) is 0.367.